The highest BCUT2D eigenvalue weighted by Crippen LogP contribution is 2.45. The molecule has 0 fully saturated rings. The molecule has 5 nitrogen and oxygen atoms in total. The topological polar surface area (TPSA) is 87.0 Å². The molecular formula is C32H42O5. The number of hydrogen-bond acceptors (Lipinski definition) is 5. The van der Waals surface area contributed by atoms with Gasteiger partial charge < -0.3 is 20.1 Å². The van der Waals surface area contributed by atoms with Crippen molar-refractivity contribution >= 4 is 5.78 Å². The monoisotopic (exact) mass is 506 g/mol. The highest BCUT2D eigenvalue weighted by Gasteiger charge is 2.32. The Morgan fingerprint density at radius 3 is 2.24 bits per heavy atom. The Labute approximate surface area is 221 Å². The molecule has 0 bridgehead atoms. The van der Waals surface area contributed by atoms with Crippen molar-refractivity contribution < 1.29 is 24.9 Å². The van der Waals surface area contributed by atoms with Gasteiger partial charge in [0.2, 0.25) is 0 Å². The van der Waals surface area contributed by atoms with Crippen LogP contribution in [0.25, 0.3) is 0 Å². The van der Waals surface area contributed by atoms with Crippen LogP contribution in [0.1, 0.15) is 100 Å². The zero-order valence-electron chi connectivity index (χ0n) is 22.0. The standard InChI is InChI=1S/C31H38O5.CH4/c1-19(2)8-6-9-20(3)10-7-11-21(4)12-15-24-26(33)17-29-30(31(24)35)27(34)18-28(36-29)23-14-13-22(5)25(32)16-23;/h8,10,12-14,16-17,28,32-33,35H,6-7,9,11,15,18H2,1-5H3;1H4/b20-10+,21-12+;/t28-;/m0./s1. The molecule has 1 aliphatic heterocycles. The van der Waals surface area contributed by atoms with E-state index in [9.17, 15) is 20.1 Å². The van der Waals surface area contributed by atoms with Crippen molar-refractivity contribution in [2.24, 2.45) is 0 Å². The van der Waals surface area contributed by atoms with Gasteiger partial charge in [0.25, 0.3) is 0 Å². The maximum Gasteiger partial charge on any atom is 0.174 e. The second-order valence-electron chi connectivity index (χ2n) is 10.0. The summed E-state index contributed by atoms with van der Waals surface area (Å²) in [6.07, 6.45) is 10.2. The number of rotatable bonds is 9. The second-order valence-corrected chi connectivity index (χ2v) is 10.0. The third kappa shape index (κ3) is 7.75. The molecule has 0 saturated heterocycles. The number of phenolic OH excluding ortho intramolecular Hbond substituents is 3. The molecule has 0 aromatic heterocycles. The Morgan fingerprint density at radius 1 is 0.946 bits per heavy atom. The number of Topliss-reactive ketones (excluding diaryl/α,β-unsaturated/α-hetero) is 1. The van der Waals surface area contributed by atoms with Crippen LogP contribution in [0.4, 0.5) is 0 Å². The molecule has 5 heteroatoms. The summed E-state index contributed by atoms with van der Waals surface area (Å²) in [6, 6.07) is 6.56. The van der Waals surface area contributed by atoms with Crippen LogP contribution < -0.4 is 4.74 Å². The van der Waals surface area contributed by atoms with Crippen LogP contribution in [0.3, 0.4) is 0 Å². The summed E-state index contributed by atoms with van der Waals surface area (Å²) >= 11 is 0. The number of benzene rings is 2. The number of phenols is 3. The molecule has 2 aromatic rings. The summed E-state index contributed by atoms with van der Waals surface area (Å²) in [4.78, 5) is 13.0. The van der Waals surface area contributed by atoms with Gasteiger partial charge in [-0.05, 0) is 83.9 Å². The van der Waals surface area contributed by atoms with Crippen molar-refractivity contribution in [2.45, 2.75) is 86.7 Å². The Kier molecular flexibility index (Phi) is 10.6. The van der Waals surface area contributed by atoms with Crippen LogP contribution in [0, 0.1) is 6.92 Å². The van der Waals surface area contributed by atoms with Crippen LogP contribution in [0.2, 0.25) is 0 Å². The lowest BCUT2D eigenvalue weighted by molar-refractivity contribution is 0.0844. The number of carbonyl (C=O) groups is 1. The minimum atomic E-state index is -0.596. The zero-order chi connectivity index (χ0) is 26.4. The Balaban J connectivity index is 0.00000481. The zero-order valence-corrected chi connectivity index (χ0v) is 22.0. The third-order valence-electron chi connectivity index (χ3n) is 6.65. The first-order valence-electron chi connectivity index (χ1n) is 12.6. The Bertz CT molecular complexity index is 1210. The van der Waals surface area contributed by atoms with Crippen LogP contribution >= 0.6 is 0 Å². The first-order valence-corrected chi connectivity index (χ1v) is 12.6. The second kappa shape index (κ2) is 13.2. The lowest BCUT2D eigenvalue weighted by Gasteiger charge is -2.27. The molecule has 0 amide bonds. The molecule has 2 aromatic carbocycles. The maximum atomic E-state index is 13.0. The van der Waals surface area contributed by atoms with Gasteiger partial charge in [0.05, 0.1) is 6.42 Å². The van der Waals surface area contributed by atoms with Crippen molar-refractivity contribution in [3.63, 3.8) is 0 Å². The van der Waals surface area contributed by atoms with Gasteiger partial charge in [-0.15, -0.1) is 0 Å². The summed E-state index contributed by atoms with van der Waals surface area (Å²) in [5, 5.41) is 31.5. The molecule has 0 saturated carbocycles. The van der Waals surface area contributed by atoms with E-state index in [4.69, 9.17) is 4.74 Å². The number of fused-ring (bicyclic) bond motifs is 1. The van der Waals surface area contributed by atoms with Crippen LogP contribution in [-0.4, -0.2) is 21.1 Å². The number of allylic oxidation sites excluding steroid dienone is 6. The maximum absolute atomic E-state index is 13.0. The smallest absolute Gasteiger partial charge is 0.174 e. The molecule has 200 valence electrons. The number of aryl methyl sites for hydroxylation is 1. The molecule has 1 atom stereocenters. The minimum absolute atomic E-state index is 0. The summed E-state index contributed by atoms with van der Waals surface area (Å²) in [5.74, 6) is -0.296. The molecule has 0 aliphatic carbocycles. The van der Waals surface area contributed by atoms with Crippen molar-refractivity contribution in [1.29, 1.82) is 0 Å². The van der Waals surface area contributed by atoms with E-state index in [0.29, 0.717) is 17.5 Å². The van der Waals surface area contributed by atoms with Crippen LogP contribution in [0.5, 0.6) is 23.0 Å². The van der Waals surface area contributed by atoms with Gasteiger partial charge in [-0.1, -0.05) is 54.5 Å². The van der Waals surface area contributed by atoms with E-state index in [0.717, 1.165) is 36.8 Å². The van der Waals surface area contributed by atoms with E-state index in [-0.39, 0.29) is 48.2 Å². The molecule has 0 spiro atoms. The van der Waals surface area contributed by atoms with Crippen LogP contribution in [0.15, 0.2) is 59.2 Å². The van der Waals surface area contributed by atoms with E-state index in [2.05, 4.69) is 32.9 Å². The summed E-state index contributed by atoms with van der Waals surface area (Å²) in [7, 11) is 0. The number of ketones is 1. The normalized spacial score (nSPS) is 15.5. The quantitative estimate of drug-likeness (QED) is 0.297. The summed E-state index contributed by atoms with van der Waals surface area (Å²) in [5.41, 5.74) is 5.70. The van der Waals surface area contributed by atoms with Gasteiger partial charge in [0.15, 0.2) is 5.78 Å². The number of aromatic hydroxyl groups is 3. The van der Waals surface area contributed by atoms with Gasteiger partial charge in [0, 0.05) is 11.6 Å². The van der Waals surface area contributed by atoms with Gasteiger partial charge >= 0.3 is 0 Å². The van der Waals surface area contributed by atoms with Gasteiger partial charge in [-0.3, -0.25) is 4.79 Å². The number of hydrogen-bond donors (Lipinski definition) is 3. The molecule has 3 rings (SSSR count). The van der Waals surface area contributed by atoms with Crippen molar-refractivity contribution in [1.82, 2.24) is 0 Å². The predicted octanol–water partition coefficient (Wildman–Crippen LogP) is 8.42. The lowest BCUT2D eigenvalue weighted by atomic mass is 9.92. The average molecular weight is 507 g/mol. The summed E-state index contributed by atoms with van der Waals surface area (Å²) < 4.78 is 5.96. The first kappa shape index (κ1) is 29.8. The van der Waals surface area contributed by atoms with E-state index in [1.54, 1.807) is 25.1 Å². The highest BCUT2D eigenvalue weighted by molar-refractivity contribution is 6.03. The number of carbonyl (C=O) groups excluding carboxylic acids is 1. The van der Waals surface area contributed by atoms with E-state index in [1.165, 1.54) is 17.2 Å². The Hall–Kier alpha value is -3.47. The van der Waals surface area contributed by atoms with E-state index in [1.807, 2.05) is 13.0 Å². The molecule has 1 aliphatic rings. The highest BCUT2D eigenvalue weighted by atomic mass is 16.5. The Morgan fingerprint density at radius 2 is 1.59 bits per heavy atom. The van der Waals surface area contributed by atoms with E-state index < -0.39 is 6.10 Å². The molecule has 37 heavy (non-hydrogen) atoms. The van der Waals surface area contributed by atoms with Gasteiger partial charge in [-0.25, -0.2) is 0 Å². The largest absolute Gasteiger partial charge is 0.508 e. The third-order valence-corrected chi connectivity index (χ3v) is 6.65. The minimum Gasteiger partial charge on any atom is -0.508 e. The fourth-order valence-corrected chi connectivity index (χ4v) is 4.33. The van der Waals surface area contributed by atoms with Crippen LogP contribution in [-0.2, 0) is 6.42 Å². The number of ether oxygens (including phenoxy) is 1. The van der Waals surface area contributed by atoms with Gasteiger partial charge in [0.1, 0.15) is 34.7 Å². The molecule has 1 heterocycles. The van der Waals surface area contributed by atoms with Crippen molar-refractivity contribution in [3.8, 4) is 23.0 Å². The van der Waals surface area contributed by atoms with Crippen molar-refractivity contribution in [2.75, 3.05) is 0 Å². The van der Waals surface area contributed by atoms with E-state index >= 15 is 0 Å². The summed E-state index contributed by atoms with van der Waals surface area (Å²) in [6.45, 7) is 10.2. The molecular weight excluding hydrogens is 464 g/mol. The lowest BCUT2D eigenvalue weighted by Crippen LogP contribution is -2.21. The predicted molar refractivity (Wildman–Crippen MR) is 151 cm³/mol. The van der Waals surface area contributed by atoms with Crippen molar-refractivity contribution in [3.05, 3.63) is 81.5 Å². The molecule has 0 radical (unpaired) electrons. The molecule has 0 unspecified atom stereocenters. The fourth-order valence-electron chi connectivity index (χ4n) is 4.33. The SMILES string of the molecule is C.CC(C)=CCC/C(C)=C/CC/C(C)=C/Cc1c(O)cc2c(c1O)C(=O)C[C@@H](c1ccc(C)c(O)c1)O2. The fraction of sp³-hybridized carbons (Fsp3) is 0.406. The first-order chi connectivity index (χ1) is 17.1. The van der Waals surface area contributed by atoms with Gasteiger partial charge in [-0.2, -0.15) is 0 Å². The molecule has 3 N–H and O–H groups in total. The average Bonchev–Trinajstić information content (AvgIpc) is 2.79.